The van der Waals surface area contributed by atoms with Gasteiger partial charge in [0.2, 0.25) is 0 Å². The second kappa shape index (κ2) is 13.6. The van der Waals surface area contributed by atoms with Crippen LogP contribution in [0.3, 0.4) is 0 Å². The highest BCUT2D eigenvalue weighted by molar-refractivity contribution is 14.0. The molecule has 0 saturated heterocycles. The van der Waals surface area contributed by atoms with Gasteiger partial charge in [0, 0.05) is 25.8 Å². The molecule has 0 radical (unpaired) electrons. The van der Waals surface area contributed by atoms with Crippen molar-refractivity contribution in [1.29, 1.82) is 0 Å². The van der Waals surface area contributed by atoms with Crippen LogP contribution in [0.15, 0.2) is 35.3 Å². The minimum Gasteiger partial charge on any atom is -0.382 e. The van der Waals surface area contributed by atoms with Crippen LogP contribution in [-0.4, -0.2) is 57.3 Å². The number of nitrogens with two attached hydrogens (primary N) is 1. The number of nitrogens with one attached hydrogen (secondary N) is 1. The summed E-state index contributed by atoms with van der Waals surface area (Å²) in [6, 6.07) is 10.8. The first-order chi connectivity index (χ1) is 10.6. The highest BCUT2D eigenvalue weighted by Crippen LogP contribution is 2.07. The Morgan fingerprint density at radius 3 is 2.61 bits per heavy atom. The Kier molecular flexibility index (Phi) is 13.1. The highest BCUT2D eigenvalue weighted by atomic mass is 127. The number of aliphatic imine (C=N–C) groups is 1. The van der Waals surface area contributed by atoms with Gasteiger partial charge in [-0.15, -0.1) is 24.0 Å². The third kappa shape index (κ3) is 10.5. The molecule has 0 bridgehead atoms. The Balaban J connectivity index is 0.00000484. The topological polar surface area (TPSA) is 62.9 Å². The normalized spacial score (nSPS) is 12.8. The van der Waals surface area contributed by atoms with Gasteiger partial charge in [-0.1, -0.05) is 30.3 Å². The number of hydrogen-bond donors (Lipinski definition) is 2. The third-order valence-corrected chi connectivity index (χ3v) is 3.49. The molecule has 0 spiro atoms. The second-order valence-corrected chi connectivity index (χ2v) is 5.51. The first-order valence-corrected chi connectivity index (χ1v) is 7.95. The average Bonchev–Trinajstić information content (AvgIpc) is 2.52. The molecule has 1 rings (SSSR count). The zero-order chi connectivity index (χ0) is 16.2. The fourth-order valence-corrected chi connectivity index (χ4v) is 2.09. The van der Waals surface area contributed by atoms with Crippen molar-refractivity contribution < 1.29 is 4.74 Å². The molecule has 132 valence electrons. The molecule has 1 unspecified atom stereocenters. The van der Waals surface area contributed by atoms with E-state index in [1.165, 1.54) is 5.56 Å². The first kappa shape index (κ1) is 22.1. The number of hydrogen-bond acceptors (Lipinski definition) is 3. The molecule has 1 atom stereocenters. The summed E-state index contributed by atoms with van der Waals surface area (Å²) in [6.07, 6.45) is 1.90. The van der Waals surface area contributed by atoms with Crippen LogP contribution in [0.25, 0.3) is 0 Å². The van der Waals surface area contributed by atoms with Crippen LogP contribution in [-0.2, 0) is 11.2 Å². The average molecular weight is 434 g/mol. The van der Waals surface area contributed by atoms with Crippen LogP contribution >= 0.6 is 24.0 Å². The lowest BCUT2D eigenvalue weighted by Gasteiger charge is -2.23. The molecule has 0 amide bonds. The highest BCUT2D eigenvalue weighted by Gasteiger charge is 2.11. The SMILES string of the molecule is CCOCCCNC(N)=NCC(Cc1ccccc1)N(C)C.I. The van der Waals surface area contributed by atoms with Crippen molar-refractivity contribution in [2.45, 2.75) is 25.8 Å². The summed E-state index contributed by atoms with van der Waals surface area (Å²) < 4.78 is 5.28. The third-order valence-electron chi connectivity index (χ3n) is 3.49. The van der Waals surface area contributed by atoms with Gasteiger partial charge >= 0.3 is 0 Å². The van der Waals surface area contributed by atoms with E-state index in [1.807, 2.05) is 13.0 Å². The van der Waals surface area contributed by atoms with Gasteiger partial charge in [-0.2, -0.15) is 0 Å². The van der Waals surface area contributed by atoms with Gasteiger partial charge in [-0.05, 0) is 39.4 Å². The molecule has 0 fully saturated rings. The van der Waals surface area contributed by atoms with Crippen molar-refractivity contribution in [3.05, 3.63) is 35.9 Å². The van der Waals surface area contributed by atoms with Gasteiger partial charge in [0.25, 0.3) is 0 Å². The van der Waals surface area contributed by atoms with E-state index in [9.17, 15) is 0 Å². The van der Waals surface area contributed by atoms with Crippen LogP contribution < -0.4 is 11.1 Å². The van der Waals surface area contributed by atoms with Crippen molar-refractivity contribution in [3.63, 3.8) is 0 Å². The molecule has 0 aliphatic rings. The van der Waals surface area contributed by atoms with E-state index < -0.39 is 0 Å². The van der Waals surface area contributed by atoms with Crippen LogP contribution in [0.4, 0.5) is 0 Å². The van der Waals surface area contributed by atoms with Gasteiger partial charge in [0.1, 0.15) is 0 Å². The fraction of sp³-hybridized carbons (Fsp3) is 0.588. The first-order valence-electron chi connectivity index (χ1n) is 7.95. The van der Waals surface area contributed by atoms with E-state index in [-0.39, 0.29) is 24.0 Å². The molecular weight excluding hydrogens is 403 g/mol. The van der Waals surface area contributed by atoms with Gasteiger partial charge in [0.05, 0.1) is 6.54 Å². The number of halogens is 1. The Morgan fingerprint density at radius 2 is 2.00 bits per heavy atom. The van der Waals surface area contributed by atoms with E-state index in [1.54, 1.807) is 0 Å². The zero-order valence-corrected chi connectivity index (χ0v) is 16.8. The lowest BCUT2D eigenvalue weighted by Crippen LogP contribution is -2.37. The van der Waals surface area contributed by atoms with Gasteiger partial charge in [-0.3, -0.25) is 4.99 Å². The van der Waals surface area contributed by atoms with Gasteiger partial charge < -0.3 is 20.7 Å². The van der Waals surface area contributed by atoms with E-state index in [2.05, 4.69) is 53.6 Å². The summed E-state index contributed by atoms with van der Waals surface area (Å²) in [6.45, 7) is 4.99. The maximum atomic E-state index is 5.91. The number of rotatable bonds is 10. The largest absolute Gasteiger partial charge is 0.382 e. The zero-order valence-electron chi connectivity index (χ0n) is 14.5. The number of likely N-dealkylation sites (N-methyl/N-ethyl adjacent to an activating group) is 1. The Hall–Kier alpha value is -0.860. The molecule has 23 heavy (non-hydrogen) atoms. The molecule has 1 aromatic carbocycles. The maximum absolute atomic E-state index is 5.91. The lowest BCUT2D eigenvalue weighted by atomic mass is 10.1. The predicted molar refractivity (Wildman–Crippen MR) is 109 cm³/mol. The van der Waals surface area contributed by atoms with E-state index >= 15 is 0 Å². The minimum absolute atomic E-state index is 0. The summed E-state index contributed by atoms with van der Waals surface area (Å²) in [5.41, 5.74) is 7.23. The maximum Gasteiger partial charge on any atom is 0.188 e. The Morgan fingerprint density at radius 1 is 1.30 bits per heavy atom. The Bertz CT molecular complexity index is 426. The molecule has 0 saturated carbocycles. The molecule has 5 nitrogen and oxygen atoms in total. The summed E-state index contributed by atoms with van der Waals surface area (Å²) in [5, 5.41) is 3.13. The van der Waals surface area contributed by atoms with Gasteiger partial charge in [0.15, 0.2) is 5.96 Å². The quantitative estimate of drug-likeness (QED) is 0.256. The molecule has 1 aromatic rings. The molecule has 6 heteroatoms. The smallest absolute Gasteiger partial charge is 0.188 e. The molecule has 0 aliphatic heterocycles. The summed E-state index contributed by atoms with van der Waals surface area (Å²) in [4.78, 5) is 6.65. The van der Waals surface area contributed by atoms with Crippen molar-refractivity contribution >= 4 is 29.9 Å². The second-order valence-electron chi connectivity index (χ2n) is 5.51. The molecule has 0 aliphatic carbocycles. The number of guanidine groups is 1. The number of ether oxygens (including phenoxy) is 1. The minimum atomic E-state index is 0. The predicted octanol–water partition coefficient (Wildman–Crippen LogP) is 2.11. The number of benzene rings is 1. The molecule has 0 heterocycles. The summed E-state index contributed by atoms with van der Waals surface area (Å²) in [5.74, 6) is 0.511. The summed E-state index contributed by atoms with van der Waals surface area (Å²) >= 11 is 0. The van der Waals surface area contributed by atoms with Crippen molar-refractivity contribution in [2.24, 2.45) is 10.7 Å². The standard InChI is InChI=1S/C17H30N4O.HI/c1-4-22-12-8-11-19-17(18)20-14-16(21(2)3)13-15-9-6-5-7-10-15;/h5-7,9-10,16H,4,8,11-14H2,1-3H3,(H3,18,19,20);1H. The summed E-state index contributed by atoms with van der Waals surface area (Å²) in [7, 11) is 4.16. The van der Waals surface area contributed by atoms with E-state index in [4.69, 9.17) is 10.5 Å². The Labute approximate surface area is 157 Å². The van der Waals surface area contributed by atoms with Crippen LogP contribution in [0, 0.1) is 0 Å². The van der Waals surface area contributed by atoms with Crippen molar-refractivity contribution in [2.75, 3.05) is 40.4 Å². The molecule has 3 N–H and O–H groups in total. The van der Waals surface area contributed by atoms with E-state index in [0.29, 0.717) is 18.5 Å². The van der Waals surface area contributed by atoms with Crippen LogP contribution in [0.5, 0.6) is 0 Å². The number of nitrogens with zero attached hydrogens (tertiary/aromatic N) is 2. The lowest BCUT2D eigenvalue weighted by molar-refractivity contribution is 0.145. The van der Waals surface area contributed by atoms with Crippen molar-refractivity contribution in [3.8, 4) is 0 Å². The monoisotopic (exact) mass is 434 g/mol. The fourth-order valence-electron chi connectivity index (χ4n) is 2.09. The molecule has 0 aromatic heterocycles. The van der Waals surface area contributed by atoms with Crippen LogP contribution in [0.1, 0.15) is 18.9 Å². The van der Waals surface area contributed by atoms with Crippen molar-refractivity contribution in [1.82, 2.24) is 10.2 Å². The van der Waals surface area contributed by atoms with Gasteiger partial charge in [-0.25, -0.2) is 0 Å². The molecular formula is C17H31IN4O. The van der Waals surface area contributed by atoms with E-state index in [0.717, 1.165) is 32.6 Å². The van der Waals surface area contributed by atoms with Crippen LogP contribution in [0.2, 0.25) is 0 Å².